The zero-order valence-electron chi connectivity index (χ0n) is 9.58. The third-order valence-corrected chi connectivity index (χ3v) is 2.87. The smallest absolute Gasteiger partial charge is 0.267 e. The first-order chi connectivity index (χ1) is 8.75. The number of aromatic nitrogens is 2. The van der Waals surface area contributed by atoms with Gasteiger partial charge in [-0.25, -0.2) is 4.68 Å². The molecule has 18 heavy (non-hydrogen) atoms. The van der Waals surface area contributed by atoms with Crippen molar-refractivity contribution in [2.45, 2.75) is 0 Å². The molecular weight excluding hydrogens is 226 g/mol. The number of carbonyl (C=O) groups is 1. The number of fused-ring (bicyclic) bond motifs is 1. The molecule has 0 saturated heterocycles. The molecule has 2 aromatic carbocycles. The van der Waals surface area contributed by atoms with E-state index in [9.17, 15) is 4.79 Å². The maximum absolute atomic E-state index is 11.3. The lowest BCUT2D eigenvalue weighted by Gasteiger charge is -2.06. The van der Waals surface area contributed by atoms with E-state index >= 15 is 0 Å². The number of nitrogens with zero attached hydrogens (tertiary/aromatic N) is 2. The molecule has 0 spiro atoms. The first-order valence-corrected chi connectivity index (χ1v) is 5.59. The van der Waals surface area contributed by atoms with Gasteiger partial charge in [-0.1, -0.05) is 30.3 Å². The highest BCUT2D eigenvalue weighted by atomic mass is 16.1. The van der Waals surface area contributed by atoms with E-state index in [1.165, 1.54) is 0 Å². The lowest BCUT2D eigenvalue weighted by molar-refractivity contribution is 0.0993. The molecule has 3 aromatic rings. The summed E-state index contributed by atoms with van der Waals surface area (Å²) in [5, 5.41) is 6.38. The number of hydrogen-bond donors (Lipinski definition) is 1. The van der Waals surface area contributed by atoms with Gasteiger partial charge >= 0.3 is 0 Å². The van der Waals surface area contributed by atoms with E-state index in [0.717, 1.165) is 16.5 Å². The maximum Gasteiger partial charge on any atom is 0.267 e. The minimum atomic E-state index is -0.486. The van der Waals surface area contributed by atoms with Crippen LogP contribution in [-0.2, 0) is 0 Å². The van der Waals surface area contributed by atoms with Crippen LogP contribution in [0.4, 0.5) is 0 Å². The van der Waals surface area contributed by atoms with Gasteiger partial charge in [-0.3, -0.25) is 4.79 Å². The summed E-state index contributed by atoms with van der Waals surface area (Å²) in [5.41, 5.74) is 6.52. The third-order valence-electron chi connectivity index (χ3n) is 2.87. The van der Waals surface area contributed by atoms with Gasteiger partial charge in [0.15, 0.2) is 0 Å². The highest BCUT2D eigenvalue weighted by Gasteiger charge is 2.09. The molecule has 1 amide bonds. The molecule has 0 saturated carbocycles. The summed E-state index contributed by atoms with van der Waals surface area (Å²) in [5.74, 6) is -0.486. The Morgan fingerprint density at radius 3 is 2.61 bits per heavy atom. The number of carbonyl (C=O) groups excluding carboxylic acids is 1. The van der Waals surface area contributed by atoms with Crippen molar-refractivity contribution in [2.24, 2.45) is 5.73 Å². The Balaban J connectivity index is 2.19. The normalized spacial score (nSPS) is 10.7. The van der Waals surface area contributed by atoms with Crippen molar-refractivity contribution in [3.63, 3.8) is 0 Å². The summed E-state index contributed by atoms with van der Waals surface area (Å²) in [4.78, 5) is 11.3. The summed E-state index contributed by atoms with van der Waals surface area (Å²) in [6.07, 6.45) is 1.56. The maximum atomic E-state index is 11.3. The second-order valence-corrected chi connectivity index (χ2v) is 4.02. The van der Waals surface area contributed by atoms with Gasteiger partial charge in [-0.15, -0.1) is 0 Å². The largest absolute Gasteiger partial charge is 0.364 e. The molecule has 4 nitrogen and oxygen atoms in total. The van der Waals surface area contributed by atoms with E-state index in [2.05, 4.69) is 5.10 Å². The van der Waals surface area contributed by atoms with Crippen LogP contribution >= 0.6 is 0 Å². The minimum absolute atomic E-state index is 0.380. The Labute approximate surface area is 104 Å². The number of hydrogen-bond acceptors (Lipinski definition) is 2. The molecule has 0 atom stereocenters. The second-order valence-electron chi connectivity index (χ2n) is 4.02. The van der Waals surface area contributed by atoms with E-state index in [-0.39, 0.29) is 0 Å². The zero-order chi connectivity index (χ0) is 12.5. The molecular formula is C14H11N3O. The Morgan fingerprint density at radius 2 is 1.83 bits per heavy atom. The van der Waals surface area contributed by atoms with Crippen LogP contribution in [0.1, 0.15) is 10.5 Å². The number of nitrogens with two attached hydrogens (primary N) is 1. The molecule has 2 N–H and O–H groups in total. The Kier molecular flexibility index (Phi) is 2.34. The molecule has 4 heteroatoms. The fourth-order valence-corrected chi connectivity index (χ4v) is 2.00. The average molecular weight is 237 g/mol. The summed E-state index contributed by atoms with van der Waals surface area (Å²) in [7, 11) is 0. The lowest BCUT2D eigenvalue weighted by Crippen LogP contribution is -2.16. The van der Waals surface area contributed by atoms with Gasteiger partial charge in [-0.2, -0.15) is 5.10 Å². The van der Waals surface area contributed by atoms with Gasteiger partial charge in [0.2, 0.25) is 0 Å². The zero-order valence-corrected chi connectivity index (χ0v) is 9.58. The van der Waals surface area contributed by atoms with Gasteiger partial charge < -0.3 is 5.73 Å². The van der Waals surface area contributed by atoms with Crippen molar-refractivity contribution in [2.75, 3.05) is 0 Å². The predicted molar refractivity (Wildman–Crippen MR) is 69.6 cm³/mol. The van der Waals surface area contributed by atoms with E-state index < -0.39 is 5.91 Å². The molecule has 0 fully saturated rings. The average Bonchev–Trinajstić information content (AvgIpc) is 2.87. The van der Waals surface area contributed by atoms with Crippen molar-refractivity contribution in [3.8, 4) is 5.69 Å². The van der Waals surface area contributed by atoms with Crippen LogP contribution in [0, 0.1) is 0 Å². The predicted octanol–water partition coefficient (Wildman–Crippen LogP) is 2.12. The van der Waals surface area contributed by atoms with Gasteiger partial charge in [0.05, 0.1) is 11.9 Å². The van der Waals surface area contributed by atoms with Crippen LogP contribution in [0.2, 0.25) is 0 Å². The van der Waals surface area contributed by atoms with E-state index in [1.807, 2.05) is 42.5 Å². The number of rotatable bonds is 2. The summed E-state index contributed by atoms with van der Waals surface area (Å²) in [6, 6.07) is 15.5. The fourth-order valence-electron chi connectivity index (χ4n) is 2.00. The van der Waals surface area contributed by atoms with E-state index in [0.29, 0.717) is 5.69 Å². The standard InChI is InChI=1S/C14H11N3O/c15-14(18)13-7-8-16-17(13)12-6-5-10-3-1-2-4-11(10)9-12/h1-9H,(H2,15,18). The molecule has 3 rings (SSSR count). The third kappa shape index (κ3) is 1.64. The quantitative estimate of drug-likeness (QED) is 0.742. The minimum Gasteiger partial charge on any atom is -0.364 e. The van der Waals surface area contributed by atoms with Crippen LogP contribution in [0.5, 0.6) is 0 Å². The molecule has 0 aliphatic heterocycles. The van der Waals surface area contributed by atoms with Gasteiger partial charge in [0.1, 0.15) is 5.69 Å². The van der Waals surface area contributed by atoms with Crippen LogP contribution in [0.15, 0.2) is 54.7 Å². The fraction of sp³-hybridized carbons (Fsp3) is 0. The van der Waals surface area contributed by atoms with Gasteiger partial charge in [0.25, 0.3) is 5.91 Å². The van der Waals surface area contributed by atoms with Crippen LogP contribution in [0.3, 0.4) is 0 Å². The second kappa shape index (κ2) is 4.00. The van der Waals surface area contributed by atoms with Crippen molar-refractivity contribution < 1.29 is 4.79 Å². The van der Waals surface area contributed by atoms with Crippen molar-refractivity contribution in [1.82, 2.24) is 9.78 Å². The first kappa shape index (κ1) is 10.5. The SMILES string of the molecule is NC(=O)c1ccnn1-c1ccc2ccccc2c1. The number of benzene rings is 2. The molecule has 0 aliphatic carbocycles. The van der Waals surface area contributed by atoms with Crippen LogP contribution in [-0.4, -0.2) is 15.7 Å². The van der Waals surface area contributed by atoms with Crippen molar-refractivity contribution in [3.05, 3.63) is 60.4 Å². The van der Waals surface area contributed by atoms with Crippen molar-refractivity contribution >= 4 is 16.7 Å². The number of amides is 1. The lowest BCUT2D eigenvalue weighted by atomic mass is 10.1. The van der Waals surface area contributed by atoms with Crippen LogP contribution in [0.25, 0.3) is 16.5 Å². The Bertz CT molecular complexity index is 730. The van der Waals surface area contributed by atoms with Gasteiger partial charge in [-0.05, 0) is 29.0 Å². The first-order valence-electron chi connectivity index (χ1n) is 5.59. The molecule has 0 bridgehead atoms. The molecule has 0 radical (unpaired) electrons. The molecule has 0 aliphatic rings. The highest BCUT2D eigenvalue weighted by molar-refractivity contribution is 5.92. The molecule has 1 aromatic heterocycles. The van der Waals surface area contributed by atoms with Crippen LogP contribution < -0.4 is 5.73 Å². The topological polar surface area (TPSA) is 60.9 Å². The van der Waals surface area contributed by atoms with E-state index in [1.54, 1.807) is 16.9 Å². The Morgan fingerprint density at radius 1 is 1.06 bits per heavy atom. The number of primary amides is 1. The summed E-state index contributed by atoms with van der Waals surface area (Å²) >= 11 is 0. The molecule has 0 unspecified atom stereocenters. The highest BCUT2D eigenvalue weighted by Crippen LogP contribution is 2.18. The Hall–Kier alpha value is -2.62. The molecule has 1 heterocycles. The van der Waals surface area contributed by atoms with Gasteiger partial charge in [0, 0.05) is 0 Å². The monoisotopic (exact) mass is 237 g/mol. The summed E-state index contributed by atoms with van der Waals surface area (Å²) in [6.45, 7) is 0. The van der Waals surface area contributed by atoms with Crippen molar-refractivity contribution in [1.29, 1.82) is 0 Å². The van der Waals surface area contributed by atoms with E-state index in [4.69, 9.17) is 5.73 Å². The summed E-state index contributed by atoms with van der Waals surface area (Å²) < 4.78 is 1.55. The molecule has 88 valence electrons.